The third-order valence-corrected chi connectivity index (χ3v) is 3.90. The van der Waals surface area contributed by atoms with E-state index >= 15 is 0 Å². The second kappa shape index (κ2) is 9.71. The van der Waals surface area contributed by atoms with Crippen LogP contribution in [-0.2, 0) is 13.5 Å². The van der Waals surface area contributed by atoms with Gasteiger partial charge in [0, 0.05) is 26.8 Å². The average molecular weight is 343 g/mol. The number of aromatic nitrogens is 2. The maximum atomic E-state index is 5.97. The number of ether oxygens (including phenoxy) is 1. The molecule has 0 aliphatic carbocycles. The molecule has 1 heterocycles. The van der Waals surface area contributed by atoms with Crippen LogP contribution in [0.5, 0.6) is 5.75 Å². The summed E-state index contributed by atoms with van der Waals surface area (Å²) in [7, 11) is 3.72. The molecule has 136 valence electrons. The molecule has 0 aliphatic rings. The normalized spacial score (nSPS) is 12.7. The van der Waals surface area contributed by atoms with Gasteiger partial charge in [0.15, 0.2) is 5.96 Å². The summed E-state index contributed by atoms with van der Waals surface area (Å²) in [5.74, 6) is 1.72. The van der Waals surface area contributed by atoms with Gasteiger partial charge in [-0.05, 0) is 43.9 Å². The Balaban J connectivity index is 1.66. The molecular weight excluding hydrogens is 314 g/mol. The molecule has 0 amide bonds. The van der Waals surface area contributed by atoms with Crippen molar-refractivity contribution in [1.82, 2.24) is 20.4 Å². The Morgan fingerprint density at radius 2 is 2.12 bits per heavy atom. The van der Waals surface area contributed by atoms with E-state index in [1.165, 1.54) is 5.56 Å². The van der Waals surface area contributed by atoms with Crippen LogP contribution in [0.4, 0.5) is 0 Å². The molecule has 0 saturated heterocycles. The van der Waals surface area contributed by atoms with E-state index in [0.717, 1.165) is 36.7 Å². The highest BCUT2D eigenvalue weighted by Crippen LogP contribution is 2.17. The standard InChI is InChI=1S/C19H29N5O/c1-15-8-5-6-10-18(15)25-16(2)12-22-19(20-3)21-11-7-9-17-13-23-24(4)14-17/h5-6,8,10,13-14,16H,7,9,11-12H2,1-4H3,(H2,20,21,22). The lowest BCUT2D eigenvalue weighted by Crippen LogP contribution is -2.42. The fourth-order valence-electron chi connectivity index (χ4n) is 2.51. The van der Waals surface area contributed by atoms with Gasteiger partial charge in [-0.2, -0.15) is 5.10 Å². The summed E-state index contributed by atoms with van der Waals surface area (Å²) in [6.07, 6.45) is 6.05. The molecule has 0 aliphatic heterocycles. The van der Waals surface area contributed by atoms with Crippen molar-refractivity contribution in [2.24, 2.45) is 12.0 Å². The van der Waals surface area contributed by atoms with Crippen LogP contribution in [0.15, 0.2) is 41.7 Å². The molecule has 0 radical (unpaired) electrons. The van der Waals surface area contributed by atoms with Crippen molar-refractivity contribution in [1.29, 1.82) is 0 Å². The Kier molecular flexibility index (Phi) is 7.32. The van der Waals surface area contributed by atoms with Gasteiger partial charge in [0.25, 0.3) is 0 Å². The van der Waals surface area contributed by atoms with E-state index in [-0.39, 0.29) is 6.10 Å². The first-order valence-corrected chi connectivity index (χ1v) is 8.73. The third-order valence-electron chi connectivity index (χ3n) is 3.90. The number of benzene rings is 1. The number of rotatable bonds is 8. The quantitative estimate of drug-likeness (QED) is 0.439. The molecule has 1 aromatic carbocycles. The Bertz CT molecular complexity index is 680. The minimum atomic E-state index is 0.0510. The third kappa shape index (κ3) is 6.49. The molecule has 6 heteroatoms. The molecule has 0 spiro atoms. The van der Waals surface area contributed by atoms with Gasteiger partial charge in [-0.25, -0.2) is 0 Å². The van der Waals surface area contributed by atoms with E-state index < -0.39 is 0 Å². The van der Waals surface area contributed by atoms with Crippen molar-refractivity contribution in [3.8, 4) is 5.75 Å². The number of nitrogens with one attached hydrogen (secondary N) is 2. The highest BCUT2D eigenvalue weighted by molar-refractivity contribution is 5.79. The SMILES string of the molecule is CN=C(NCCCc1cnn(C)c1)NCC(C)Oc1ccccc1C. The van der Waals surface area contributed by atoms with Gasteiger partial charge in [0.1, 0.15) is 11.9 Å². The molecule has 2 N–H and O–H groups in total. The van der Waals surface area contributed by atoms with Gasteiger partial charge in [-0.1, -0.05) is 18.2 Å². The maximum absolute atomic E-state index is 5.97. The lowest BCUT2D eigenvalue weighted by atomic mass is 10.2. The Hall–Kier alpha value is -2.50. The van der Waals surface area contributed by atoms with E-state index in [9.17, 15) is 0 Å². The summed E-state index contributed by atoms with van der Waals surface area (Å²) >= 11 is 0. The number of nitrogens with zero attached hydrogens (tertiary/aromatic N) is 3. The van der Waals surface area contributed by atoms with Crippen LogP contribution < -0.4 is 15.4 Å². The number of aryl methyl sites for hydroxylation is 3. The van der Waals surface area contributed by atoms with Crippen molar-refractivity contribution in [3.63, 3.8) is 0 Å². The topological polar surface area (TPSA) is 63.5 Å². The largest absolute Gasteiger partial charge is 0.489 e. The second-order valence-corrected chi connectivity index (χ2v) is 6.20. The summed E-state index contributed by atoms with van der Waals surface area (Å²) in [5.41, 5.74) is 2.40. The van der Waals surface area contributed by atoms with E-state index in [1.807, 2.05) is 36.1 Å². The zero-order valence-corrected chi connectivity index (χ0v) is 15.6. The van der Waals surface area contributed by atoms with E-state index in [4.69, 9.17) is 4.74 Å². The highest BCUT2D eigenvalue weighted by atomic mass is 16.5. The van der Waals surface area contributed by atoms with Gasteiger partial charge in [0.2, 0.25) is 0 Å². The summed E-state index contributed by atoms with van der Waals surface area (Å²) < 4.78 is 7.80. The fourth-order valence-corrected chi connectivity index (χ4v) is 2.51. The van der Waals surface area contributed by atoms with Gasteiger partial charge in [-0.15, -0.1) is 0 Å². The monoisotopic (exact) mass is 343 g/mol. The van der Waals surface area contributed by atoms with Crippen molar-refractivity contribution < 1.29 is 4.74 Å². The number of hydrogen-bond donors (Lipinski definition) is 2. The first kappa shape index (κ1) is 18.8. The minimum absolute atomic E-state index is 0.0510. The molecule has 2 rings (SSSR count). The highest BCUT2D eigenvalue weighted by Gasteiger charge is 2.07. The molecule has 0 fully saturated rings. The zero-order valence-electron chi connectivity index (χ0n) is 15.6. The van der Waals surface area contributed by atoms with Gasteiger partial charge < -0.3 is 15.4 Å². The maximum Gasteiger partial charge on any atom is 0.191 e. The van der Waals surface area contributed by atoms with Crippen LogP contribution in [-0.4, -0.2) is 42.0 Å². The van der Waals surface area contributed by atoms with Crippen molar-refractivity contribution >= 4 is 5.96 Å². The average Bonchev–Trinajstić information content (AvgIpc) is 3.01. The number of aliphatic imine (C=N–C) groups is 1. The summed E-state index contributed by atoms with van der Waals surface area (Å²) in [4.78, 5) is 4.26. The van der Waals surface area contributed by atoms with E-state index in [1.54, 1.807) is 7.05 Å². The van der Waals surface area contributed by atoms with Crippen LogP contribution in [0.2, 0.25) is 0 Å². The zero-order chi connectivity index (χ0) is 18.1. The molecule has 1 atom stereocenters. The number of guanidine groups is 1. The number of para-hydroxylation sites is 1. The Morgan fingerprint density at radius 1 is 1.32 bits per heavy atom. The first-order chi connectivity index (χ1) is 12.1. The van der Waals surface area contributed by atoms with Gasteiger partial charge >= 0.3 is 0 Å². The van der Waals surface area contributed by atoms with Crippen LogP contribution in [0, 0.1) is 6.92 Å². The second-order valence-electron chi connectivity index (χ2n) is 6.20. The van der Waals surface area contributed by atoms with Crippen molar-refractivity contribution in [2.45, 2.75) is 32.8 Å². The molecule has 0 bridgehead atoms. The van der Waals surface area contributed by atoms with Gasteiger partial charge in [-0.3, -0.25) is 9.67 Å². The molecular formula is C19H29N5O. The Labute approximate surface area is 150 Å². The summed E-state index contributed by atoms with van der Waals surface area (Å²) in [6.45, 7) is 5.66. The smallest absolute Gasteiger partial charge is 0.191 e. The predicted octanol–water partition coefficient (Wildman–Crippen LogP) is 2.29. The van der Waals surface area contributed by atoms with Crippen LogP contribution in [0.1, 0.15) is 24.5 Å². The fraction of sp³-hybridized carbons (Fsp3) is 0.474. The van der Waals surface area contributed by atoms with E-state index in [2.05, 4.69) is 46.8 Å². The van der Waals surface area contributed by atoms with E-state index in [0.29, 0.717) is 6.54 Å². The number of hydrogen-bond acceptors (Lipinski definition) is 3. The van der Waals surface area contributed by atoms with Crippen molar-refractivity contribution in [3.05, 3.63) is 47.8 Å². The summed E-state index contributed by atoms with van der Waals surface area (Å²) in [5, 5.41) is 10.8. The molecule has 1 unspecified atom stereocenters. The van der Waals surface area contributed by atoms with Crippen molar-refractivity contribution in [2.75, 3.05) is 20.1 Å². The van der Waals surface area contributed by atoms with Gasteiger partial charge in [0.05, 0.1) is 12.7 Å². The summed E-state index contributed by atoms with van der Waals surface area (Å²) in [6, 6.07) is 8.06. The molecule has 25 heavy (non-hydrogen) atoms. The minimum Gasteiger partial charge on any atom is -0.489 e. The molecule has 2 aromatic rings. The predicted molar refractivity (Wildman–Crippen MR) is 102 cm³/mol. The molecule has 1 aromatic heterocycles. The first-order valence-electron chi connectivity index (χ1n) is 8.73. The Morgan fingerprint density at radius 3 is 2.80 bits per heavy atom. The molecule has 6 nitrogen and oxygen atoms in total. The lowest BCUT2D eigenvalue weighted by molar-refractivity contribution is 0.222. The van der Waals surface area contributed by atoms with Crippen LogP contribution in [0.3, 0.4) is 0 Å². The van der Waals surface area contributed by atoms with Crippen LogP contribution >= 0.6 is 0 Å². The van der Waals surface area contributed by atoms with Crippen LogP contribution in [0.25, 0.3) is 0 Å². The lowest BCUT2D eigenvalue weighted by Gasteiger charge is -2.18. The molecule has 0 saturated carbocycles.